The number of ketones is 1. The van der Waals surface area contributed by atoms with Crippen molar-refractivity contribution in [3.05, 3.63) is 23.0 Å². The van der Waals surface area contributed by atoms with E-state index in [9.17, 15) is 9.59 Å². The van der Waals surface area contributed by atoms with Gasteiger partial charge in [0.2, 0.25) is 5.78 Å². The van der Waals surface area contributed by atoms with Crippen LogP contribution in [0.2, 0.25) is 0 Å². The average molecular weight is 311 g/mol. The van der Waals surface area contributed by atoms with Gasteiger partial charge in [0.25, 0.3) is 3.79 Å². The van der Waals surface area contributed by atoms with E-state index in [1.807, 2.05) is 0 Å². The van der Waals surface area contributed by atoms with E-state index in [2.05, 4.69) is 0 Å². The van der Waals surface area contributed by atoms with Gasteiger partial charge in [-0.3, -0.25) is 4.79 Å². The molecule has 0 saturated heterocycles. The molecule has 2 heterocycles. The minimum Gasteiger partial charge on any atom is -0.478 e. The van der Waals surface area contributed by atoms with Gasteiger partial charge in [0.05, 0.1) is 11.3 Å². The molecule has 0 radical (unpaired) electrons. The second-order valence-electron chi connectivity index (χ2n) is 4.13. The van der Waals surface area contributed by atoms with Gasteiger partial charge in [0.15, 0.2) is 0 Å². The van der Waals surface area contributed by atoms with E-state index < -0.39 is 15.5 Å². The summed E-state index contributed by atoms with van der Waals surface area (Å²) in [5.74, 6) is -1.76. The van der Waals surface area contributed by atoms with Crippen LogP contribution in [-0.2, 0) is 13.0 Å². The summed E-state index contributed by atoms with van der Waals surface area (Å²) in [6, 6.07) is 1.30. The summed E-state index contributed by atoms with van der Waals surface area (Å²) in [6.07, 6.45) is 2.39. The normalized spacial score (nSPS) is 15.3. The van der Waals surface area contributed by atoms with E-state index in [0.717, 1.165) is 12.8 Å². The summed E-state index contributed by atoms with van der Waals surface area (Å²) < 4.78 is -0.417. The molecule has 0 amide bonds. The molecule has 1 aliphatic heterocycles. The number of fused-ring (bicyclic) bond motifs is 1. The van der Waals surface area contributed by atoms with Crippen molar-refractivity contribution in [2.75, 3.05) is 0 Å². The van der Waals surface area contributed by atoms with Crippen molar-refractivity contribution in [2.24, 2.45) is 0 Å². The summed E-state index contributed by atoms with van der Waals surface area (Å²) in [5.41, 5.74) is 0.903. The molecule has 0 unspecified atom stereocenters. The molecule has 98 valence electrons. The molecule has 2 rings (SSSR count). The first-order valence-corrected chi connectivity index (χ1v) is 6.53. The third kappa shape index (κ3) is 2.37. The quantitative estimate of drug-likeness (QED) is 0.674. The van der Waals surface area contributed by atoms with Gasteiger partial charge < -0.3 is 9.67 Å². The molecule has 0 fully saturated rings. The van der Waals surface area contributed by atoms with Crippen LogP contribution < -0.4 is 0 Å². The predicted molar refractivity (Wildman–Crippen MR) is 68.9 cm³/mol. The number of carbonyl (C=O) groups excluding carboxylic acids is 1. The molecule has 4 nitrogen and oxygen atoms in total. The van der Waals surface area contributed by atoms with Crippen LogP contribution in [-0.4, -0.2) is 25.2 Å². The summed E-state index contributed by atoms with van der Waals surface area (Å²) in [6.45, 7) is 0.574. The first kappa shape index (κ1) is 13.7. The maximum atomic E-state index is 12.0. The van der Waals surface area contributed by atoms with Gasteiger partial charge in [0, 0.05) is 12.2 Å². The van der Waals surface area contributed by atoms with Crippen molar-refractivity contribution in [1.82, 2.24) is 4.57 Å². The number of alkyl halides is 3. The first-order valence-electron chi connectivity index (χ1n) is 5.39. The number of aromatic nitrogens is 1. The minimum atomic E-state index is -2.07. The van der Waals surface area contributed by atoms with Gasteiger partial charge in [-0.2, -0.15) is 0 Å². The Morgan fingerprint density at radius 1 is 1.28 bits per heavy atom. The van der Waals surface area contributed by atoms with Crippen LogP contribution in [0.3, 0.4) is 0 Å². The van der Waals surface area contributed by atoms with Gasteiger partial charge in [0.1, 0.15) is 0 Å². The zero-order valence-corrected chi connectivity index (χ0v) is 11.5. The van der Waals surface area contributed by atoms with Gasteiger partial charge >= 0.3 is 5.97 Å². The molecule has 0 aliphatic carbocycles. The van der Waals surface area contributed by atoms with Crippen molar-refractivity contribution in [1.29, 1.82) is 0 Å². The number of carbonyl (C=O) groups is 2. The fourth-order valence-corrected chi connectivity index (χ4v) is 2.49. The van der Waals surface area contributed by atoms with Crippen molar-refractivity contribution in [3.63, 3.8) is 0 Å². The van der Waals surface area contributed by atoms with Crippen molar-refractivity contribution >= 4 is 46.6 Å². The predicted octanol–water partition coefficient (Wildman–Crippen LogP) is 3.08. The van der Waals surface area contributed by atoms with Crippen molar-refractivity contribution in [2.45, 2.75) is 29.6 Å². The van der Waals surface area contributed by atoms with Crippen molar-refractivity contribution < 1.29 is 14.7 Å². The number of Topliss-reactive ketones (excluding diaryl/α,β-unsaturated/α-hetero) is 1. The van der Waals surface area contributed by atoms with Crippen LogP contribution in [0, 0.1) is 0 Å². The second kappa shape index (κ2) is 4.76. The molecule has 0 bridgehead atoms. The lowest BCUT2D eigenvalue weighted by atomic mass is 10.1. The Labute approximate surface area is 118 Å². The average Bonchev–Trinajstić information content (AvgIpc) is 2.66. The number of carboxylic acids is 1. The first-order chi connectivity index (χ1) is 8.32. The van der Waals surface area contributed by atoms with E-state index in [0.29, 0.717) is 18.7 Å². The van der Waals surface area contributed by atoms with E-state index >= 15 is 0 Å². The summed E-state index contributed by atoms with van der Waals surface area (Å²) >= 11 is 16.7. The minimum absolute atomic E-state index is 0.118. The number of hydrogen-bond acceptors (Lipinski definition) is 2. The number of carboxylic acid groups (broad SMARTS) is 1. The van der Waals surface area contributed by atoms with E-state index in [1.54, 1.807) is 4.57 Å². The standard InChI is InChI=1S/C11H10Cl3NO3/c12-11(13,14)9(16)8-5-6(10(17)18)7-3-1-2-4-15(7)8/h5H,1-4H2,(H,17,18). The third-order valence-electron chi connectivity index (χ3n) is 2.97. The lowest BCUT2D eigenvalue weighted by Crippen LogP contribution is -2.24. The zero-order valence-electron chi connectivity index (χ0n) is 9.25. The van der Waals surface area contributed by atoms with E-state index in [4.69, 9.17) is 39.9 Å². The summed E-state index contributed by atoms with van der Waals surface area (Å²) in [4.78, 5) is 23.1. The van der Waals surface area contributed by atoms with Gasteiger partial charge in [-0.15, -0.1) is 0 Å². The molecular formula is C11H10Cl3NO3. The fourth-order valence-electron chi connectivity index (χ4n) is 2.19. The smallest absolute Gasteiger partial charge is 0.337 e. The highest BCUT2D eigenvalue weighted by Crippen LogP contribution is 2.33. The topological polar surface area (TPSA) is 59.3 Å². The highest BCUT2D eigenvalue weighted by atomic mass is 35.6. The lowest BCUT2D eigenvalue weighted by molar-refractivity contribution is 0.0695. The number of halogens is 3. The Kier molecular flexibility index (Phi) is 3.63. The number of aromatic carboxylic acids is 1. The Morgan fingerprint density at radius 3 is 2.50 bits per heavy atom. The fraction of sp³-hybridized carbons (Fsp3) is 0.455. The molecule has 1 aromatic heterocycles. The lowest BCUT2D eigenvalue weighted by Gasteiger charge is -2.19. The molecule has 0 saturated carbocycles. The highest BCUT2D eigenvalue weighted by molar-refractivity contribution is 6.77. The molecule has 0 atom stereocenters. The molecule has 1 aromatic rings. The third-order valence-corrected chi connectivity index (χ3v) is 3.49. The van der Waals surface area contributed by atoms with E-state index in [1.165, 1.54) is 6.07 Å². The molecule has 18 heavy (non-hydrogen) atoms. The SMILES string of the molecule is O=C(O)c1cc(C(=O)C(Cl)(Cl)Cl)n2c1CCCC2. The summed E-state index contributed by atoms with van der Waals surface area (Å²) in [5, 5.41) is 9.12. The molecule has 0 spiro atoms. The number of hydrogen-bond donors (Lipinski definition) is 1. The Bertz CT molecular complexity index is 516. The van der Waals surface area contributed by atoms with Crippen LogP contribution in [0.5, 0.6) is 0 Å². The summed E-state index contributed by atoms with van der Waals surface area (Å²) in [7, 11) is 0. The van der Waals surface area contributed by atoms with E-state index in [-0.39, 0.29) is 11.3 Å². The second-order valence-corrected chi connectivity index (χ2v) is 6.41. The number of rotatable bonds is 2. The van der Waals surface area contributed by atoms with Crippen LogP contribution in [0.1, 0.15) is 39.4 Å². The Morgan fingerprint density at radius 2 is 1.94 bits per heavy atom. The van der Waals surface area contributed by atoms with Gasteiger partial charge in [-0.05, 0) is 25.3 Å². The van der Waals surface area contributed by atoms with Gasteiger partial charge in [-0.25, -0.2) is 4.79 Å². The Balaban J connectivity index is 2.55. The molecule has 1 aliphatic rings. The van der Waals surface area contributed by atoms with Gasteiger partial charge in [-0.1, -0.05) is 34.8 Å². The molecule has 0 aromatic carbocycles. The largest absolute Gasteiger partial charge is 0.478 e. The highest BCUT2D eigenvalue weighted by Gasteiger charge is 2.36. The molecule has 1 N–H and O–H groups in total. The number of nitrogens with zero attached hydrogens (tertiary/aromatic N) is 1. The van der Waals surface area contributed by atoms with Crippen LogP contribution in [0.15, 0.2) is 6.07 Å². The van der Waals surface area contributed by atoms with Crippen LogP contribution in [0.25, 0.3) is 0 Å². The van der Waals surface area contributed by atoms with Crippen LogP contribution in [0.4, 0.5) is 0 Å². The van der Waals surface area contributed by atoms with Crippen LogP contribution >= 0.6 is 34.8 Å². The maximum Gasteiger partial charge on any atom is 0.337 e. The monoisotopic (exact) mass is 309 g/mol. The Hall–Kier alpha value is -0.710. The molecular weight excluding hydrogens is 300 g/mol. The van der Waals surface area contributed by atoms with Crippen molar-refractivity contribution in [3.8, 4) is 0 Å². The zero-order chi connectivity index (χ0) is 13.5. The molecule has 7 heteroatoms. The maximum absolute atomic E-state index is 12.0.